The lowest BCUT2D eigenvalue weighted by atomic mass is 10.1. The number of carbonyl (C=O) groups is 3. The van der Waals surface area contributed by atoms with E-state index in [4.69, 9.17) is 16.0 Å². The van der Waals surface area contributed by atoms with E-state index in [0.717, 1.165) is 4.90 Å². The first-order valence-electron chi connectivity index (χ1n) is 9.57. The van der Waals surface area contributed by atoms with Gasteiger partial charge in [-0.2, -0.15) is 0 Å². The summed E-state index contributed by atoms with van der Waals surface area (Å²) in [4.78, 5) is 48.8. The predicted molar refractivity (Wildman–Crippen MR) is 131 cm³/mol. The Morgan fingerprint density at radius 1 is 1.21 bits per heavy atom. The second-order valence-electron chi connectivity index (χ2n) is 6.92. The molecule has 1 aliphatic heterocycles. The smallest absolute Gasteiger partial charge is 0.294 e. The predicted octanol–water partition coefficient (Wildman–Crippen LogP) is 5.95. The molecule has 3 aromatic rings. The zero-order chi connectivity index (χ0) is 24.4. The summed E-state index contributed by atoms with van der Waals surface area (Å²) in [6.07, 6.45) is 1.38. The fourth-order valence-corrected chi connectivity index (χ4v) is 4.44. The average molecular weight is 563 g/mol. The SMILES string of the molecule is O=C(CN1C(=O)S/C(=C/c2ccc(-c3ccc(Cl)c([N+](=O)[O-])c3)o2)C1=O)Nc1ccccc1Br. The van der Waals surface area contributed by atoms with Gasteiger partial charge in [-0.3, -0.25) is 29.4 Å². The Bertz CT molecular complexity index is 1370. The Morgan fingerprint density at radius 3 is 2.71 bits per heavy atom. The van der Waals surface area contributed by atoms with E-state index in [1.165, 1.54) is 18.2 Å². The maximum Gasteiger partial charge on any atom is 0.294 e. The topological polar surface area (TPSA) is 123 Å². The van der Waals surface area contributed by atoms with Crippen LogP contribution >= 0.6 is 39.3 Å². The van der Waals surface area contributed by atoms with Gasteiger partial charge in [-0.15, -0.1) is 0 Å². The highest BCUT2D eigenvalue weighted by Crippen LogP contribution is 2.35. The van der Waals surface area contributed by atoms with Crippen LogP contribution in [0, 0.1) is 10.1 Å². The molecule has 12 heteroatoms. The quantitative estimate of drug-likeness (QED) is 0.224. The molecule has 1 N–H and O–H groups in total. The monoisotopic (exact) mass is 561 g/mol. The highest BCUT2D eigenvalue weighted by atomic mass is 79.9. The van der Waals surface area contributed by atoms with Crippen molar-refractivity contribution in [2.45, 2.75) is 0 Å². The number of rotatable bonds is 6. The van der Waals surface area contributed by atoms with Gasteiger partial charge in [0.2, 0.25) is 5.91 Å². The van der Waals surface area contributed by atoms with Gasteiger partial charge in [-0.05, 0) is 64.1 Å². The number of thioether (sulfide) groups is 1. The van der Waals surface area contributed by atoms with Crippen LogP contribution in [-0.2, 0) is 9.59 Å². The summed E-state index contributed by atoms with van der Waals surface area (Å²) in [5.74, 6) is -0.578. The molecule has 3 amide bonds. The molecule has 2 heterocycles. The Hall–Kier alpha value is -3.41. The number of furan rings is 1. The van der Waals surface area contributed by atoms with Gasteiger partial charge in [0, 0.05) is 22.2 Å². The molecule has 0 atom stereocenters. The summed E-state index contributed by atoms with van der Waals surface area (Å²) in [5.41, 5.74) is 0.673. The van der Waals surface area contributed by atoms with Crippen molar-refractivity contribution < 1.29 is 23.7 Å². The van der Waals surface area contributed by atoms with Crippen molar-refractivity contribution in [2.75, 3.05) is 11.9 Å². The minimum absolute atomic E-state index is 0.00198. The summed E-state index contributed by atoms with van der Waals surface area (Å²) in [6.45, 7) is -0.443. The second kappa shape index (κ2) is 9.84. The number of hydrogen-bond donors (Lipinski definition) is 1. The summed E-state index contributed by atoms with van der Waals surface area (Å²) in [7, 11) is 0. The van der Waals surface area contributed by atoms with Gasteiger partial charge < -0.3 is 9.73 Å². The number of imide groups is 1. The Labute approximate surface area is 210 Å². The minimum Gasteiger partial charge on any atom is -0.457 e. The molecule has 0 saturated carbocycles. The lowest BCUT2D eigenvalue weighted by Gasteiger charge is -2.13. The van der Waals surface area contributed by atoms with Crippen molar-refractivity contribution in [2.24, 2.45) is 0 Å². The maximum atomic E-state index is 12.7. The number of amides is 3. The molecule has 0 spiro atoms. The molecule has 0 unspecified atom stereocenters. The van der Waals surface area contributed by atoms with Crippen LogP contribution in [0.15, 0.2) is 68.4 Å². The van der Waals surface area contributed by atoms with E-state index in [1.807, 2.05) is 0 Å². The van der Waals surface area contributed by atoms with Crippen LogP contribution in [0.25, 0.3) is 17.4 Å². The average Bonchev–Trinajstić information content (AvgIpc) is 3.36. The molecule has 1 aromatic heterocycles. The normalized spacial score (nSPS) is 14.6. The summed E-state index contributed by atoms with van der Waals surface area (Å²) in [6, 6.07) is 14.3. The van der Waals surface area contributed by atoms with Crippen LogP contribution < -0.4 is 5.32 Å². The number of hydrogen-bond acceptors (Lipinski definition) is 7. The first-order valence-corrected chi connectivity index (χ1v) is 11.6. The van der Waals surface area contributed by atoms with E-state index < -0.39 is 28.5 Å². The van der Waals surface area contributed by atoms with E-state index in [2.05, 4.69) is 21.2 Å². The van der Waals surface area contributed by atoms with Gasteiger partial charge in [0.05, 0.1) is 15.5 Å². The number of nitro benzene ring substituents is 1. The molecule has 34 heavy (non-hydrogen) atoms. The number of nitro groups is 1. The van der Waals surface area contributed by atoms with Crippen molar-refractivity contribution in [3.05, 3.63) is 84.9 Å². The van der Waals surface area contributed by atoms with Crippen LogP contribution in [0.3, 0.4) is 0 Å². The molecular weight excluding hydrogens is 550 g/mol. The van der Waals surface area contributed by atoms with Gasteiger partial charge in [0.1, 0.15) is 23.1 Å². The zero-order valence-corrected chi connectivity index (χ0v) is 20.1. The molecular formula is C22H13BrClN3O6S. The van der Waals surface area contributed by atoms with E-state index in [9.17, 15) is 24.5 Å². The largest absolute Gasteiger partial charge is 0.457 e. The minimum atomic E-state index is -0.627. The third kappa shape index (κ3) is 5.06. The van der Waals surface area contributed by atoms with E-state index in [1.54, 1.807) is 42.5 Å². The highest BCUT2D eigenvalue weighted by molar-refractivity contribution is 9.10. The van der Waals surface area contributed by atoms with Crippen LogP contribution in [0.1, 0.15) is 5.76 Å². The van der Waals surface area contributed by atoms with E-state index >= 15 is 0 Å². The standard InChI is InChI=1S/C22H13BrClN3O6S/c23-14-3-1-2-4-16(14)25-20(28)11-26-21(29)19(34-22(26)30)10-13-6-8-18(33-13)12-5-7-15(24)17(9-12)27(31)32/h1-10H,11H2,(H,25,28)/b19-10+. The van der Waals surface area contributed by atoms with Crippen LogP contribution in [0.2, 0.25) is 5.02 Å². The van der Waals surface area contributed by atoms with Crippen LogP contribution in [0.5, 0.6) is 0 Å². The summed E-state index contributed by atoms with van der Waals surface area (Å²) in [5, 5.41) is 13.2. The number of nitrogens with one attached hydrogen (secondary N) is 1. The molecule has 1 aliphatic rings. The number of para-hydroxylation sites is 1. The number of anilines is 1. The number of halogens is 2. The Kier molecular flexibility index (Phi) is 6.87. The van der Waals surface area contributed by atoms with Crippen molar-refractivity contribution in [1.82, 2.24) is 4.90 Å². The van der Waals surface area contributed by atoms with E-state index in [-0.39, 0.29) is 21.4 Å². The Morgan fingerprint density at radius 2 is 1.97 bits per heavy atom. The highest BCUT2D eigenvalue weighted by Gasteiger charge is 2.36. The van der Waals surface area contributed by atoms with Crippen molar-refractivity contribution in [3.63, 3.8) is 0 Å². The van der Waals surface area contributed by atoms with Gasteiger partial charge in [0.15, 0.2) is 0 Å². The van der Waals surface area contributed by atoms with Crippen molar-refractivity contribution in [1.29, 1.82) is 0 Å². The fraction of sp³-hybridized carbons (Fsp3) is 0.0455. The number of carbonyl (C=O) groups excluding carboxylic acids is 3. The summed E-state index contributed by atoms with van der Waals surface area (Å²) < 4.78 is 6.34. The lowest BCUT2D eigenvalue weighted by Crippen LogP contribution is -2.36. The zero-order valence-electron chi connectivity index (χ0n) is 17.0. The van der Waals surface area contributed by atoms with Crippen molar-refractivity contribution in [3.8, 4) is 11.3 Å². The first kappa shape index (κ1) is 23.7. The van der Waals surface area contributed by atoms with Gasteiger partial charge in [-0.25, -0.2) is 0 Å². The van der Waals surface area contributed by atoms with Gasteiger partial charge in [-0.1, -0.05) is 23.7 Å². The summed E-state index contributed by atoms with van der Waals surface area (Å²) >= 11 is 9.84. The molecule has 1 saturated heterocycles. The third-order valence-corrected chi connectivity index (χ3v) is 6.57. The maximum absolute atomic E-state index is 12.7. The van der Waals surface area contributed by atoms with Gasteiger partial charge in [0.25, 0.3) is 16.8 Å². The molecule has 4 rings (SSSR count). The number of nitrogens with zero attached hydrogens (tertiary/aromatic N) is 2. The molecule has 9 nitrogen and oxygen atoms in total. The molecule has 0 aliphatic carbocycles. The molecule has 172 valence electrons. The molecule has 0 radical (unpaired) electrons. The second-order valence-corrected chi connectivity index (χ2v) is 9.18. The van der Waals surface area contributed by atoms with Crippen LogP contribution in [0.4, 0.5) is 16.2 Å². The van der Waals surface area contributed by atoms with Crippen LogP contribution in [-0.4, -0.2) is 33.4 Å². The first-order chi connectivity index (χ1) is 16.2. The van der Waals surface area contributed by atoms with Gasteiger partial charge >= 0.3 is 0 Å². The van der Waals surface area contributed by atoms with Crippen molar-refractivity contribution >= 4 is 73.8 Å². The molecule has 1 fully saturated rings. The molecule has 2 aromatic carbocycles. The third-order valence-electron chi connectivity index (χ3n) is 4.65. The Balaban J connectivity index is 1.48. The van der Waals surface area contributed by atoms with E-state index in [0.29, 0.717) is 33.2 Å². The molecule has 0 bridgehead atoms. The lowest BCUT2D eigenvalue weighted by molar-refractivity contribution is -0.384. The fourth-order valence-electron chi connectivity index (χ4n) is 3.05. The number of benzene rings is 2.